The molecule has 0 aliphatic carbocycles. The maximum absolute atomic E-state index is 11.0. The van der Waals surface area contributed by atoms with Crippen molar-refractivity contribution in [3.8, 4) is 0 Å². The molecule has 1 unspecified atom stereocenters. The van der Waals surface area contributed by atoms with Crippen molar-refractivity contribution in [1.29, 1.82) is 0 Å². The number of aryl methyl sites for hydroxylation is 3. The fourth-order valence-electron chi connectivity index (χ4n) is 2.00. The number of aromatic carboxylic acids is 1. The molecular weight excluding hydrogens is 280 g/mol. The highest BCUT2D eigenvalue weighted by molar-refractivity contribution is 7.17. The fourth-order valence-corrected chi connectivity index (χ4v) is 3.91. The Kier molecular flexibility index (Phi) is 3.91. The molecule has 0 aliphatic rings. The summed E-state index contributed by atoms with van der Waals surface area (Å²) in [6.45, 7) is 7.96. The van der Waals surface area contributed by atoms with Crippen LogP contribution in [-0.2, 0) is 0 Å². The molecule has 102 valence electrons. The van der Waals surface area contributed by atoms with Crippen LogP contribution in [0.3, 0.4) is 0 Å². The average molecular weight is 296 g/mol. The van der Waals surface area contributed by atoms with Gasteiger partial charge < -0.3 is 10.4 Å². The van der Waals surface area contributed by atoms with E-state index < -0.39 is 5.97 Å². The fraction of sp³-hybridized carbons (Fsp3) is 0.385. The van der Waals surface area contributed by atoms with Gasteiger partial charge in [0.1, 0.15) is 4.88 Å². The summed E-state index contributed by atoms with van der Waals surface area (Å²) in [7, 11) is 0. The molecule has 0 amide bonds. The molecule has 0 spiro atoms. The lowest BCUT2D eigenvalue weighted by Gasteiger charge is -2.12. The van der Waals surface area contributed by atoms with E-state index in [0.717, 1.165) is 0 Å². The van der Waals surface area contributed by atoms with Gasteiger partial charge in [-0.1, -0.05) is 11.3 Å². The second-order valence-corrected chi connectivity index (χ2v) is 6.93. The summed E-state index contributed by atoms with van der Waals surface area (Å²) in [5.74, 6) is -0.918. The highest BCUT2D eigenvalue weighted by Crippen LogP contribution is 2.30. The van der Waals surface area contributed by atoms with Gasteiger partial charge in [0.2, 0.25) is 0 Å². The summed E-state index contributed by atoms with van der Waals surface area (Å²) in [4.78, 5) is 18.1. The molecule has 2 aromatic rings. The van der Waals surface area contributed by atoms with Crippen LogP contribution < -0.4 is 5.32 Å². The summed E-state index contributed by atoms with van der Waals surface area (Å²) < 4.78 is 0. The molecular formula is C13H16N2O2S2. The first kappa shape index (κ1) is 14.0. The third-order valence-corrected chi connectivity index (χ3v) is 4.94. The van der Waals surface area contributed by atoms with E-state index >= 15 is 0 Å². The number of nitrogens with zero attached hydrogens (tertiary/aromatic N) is 1. The number of rotatable bonds is 4. The van der Waals surface area contributed by atoms with Crippen molar-refractivity contribution in [2.45, 2.75) is 33.7 Å². The zero-order valence-electron chi connectivity index (χ0n) is 11.3. The Hall–Kier alpha value is -1.40. The largest absolute Gasteiger partial charge is 0.477 e. The molecule has 0 aromatic carbocycles. The van der Waals surface area contributed by atoms with E-state index in [2.05, 4.69) is 37.1 Å². The van der Waals surface area contributed by atoms with Gasteiger partial charge in [-0.05, 0) is 39.3 Å². The standard InChI is InChI=1S/C13H16N2O2S2/c1-6-5-10(9(4)18-6)7(2)14-13-15-8(3)11(19-13)12(16)17/h5,7H,1-4H3,(H,14,15)(H,16,17). The molecule has 2 N–H and O–H groups in total. The highest BCUT2D eigenvalue weighted by atomic mass is 32.1. The van der Waals surface area contributed by atoms with Gasteiger partial charge in [0.15, 0.2) is 5.13 Å². The summed E-state index contributed by atoms with van der Waals surface area (Å²) in [6, 6.07) is 2.29. The minimum Gasteiger partial charge on any atom is -0.477 e. The normalized spacial score (nSPS) is 12.4. The van der Waals surface area contributed by atoms with Crippen LogP contribution in [-0.4, -0.2) is 16.1 Å². The van der Waals surface area contributed by atoms with E-state index in [1.54, 1.807) is 18.3 Å². The van der Waals surface area contributed by atoms with Crippen LogP contribution >= 0.6 is 22.7 Å². The molecule has 0 bridgehead atoms. The van der Waals surface area contributed by atoms with Crippen molar-refractivity contribution in [3.63, 3.8) is 0 Å². The first-order chi connectivity index (χ1) is 8.88. The Labute approximate surface area is 120 Å². The molecule has 2 rings (SSSR count). The minimum atomic E-state index is -0.918. The smallest absolute Gasteiger partial charge is 0.347 e. The van der Waals surface area contributed by atoms with Crippen molar-refractivity contribution in [2.75, 3.05) is 5.32 Å². The predicted molar refractivity (Wildman–Crippen MR) is 79.6 cm³/mol. The van der Waals surface area contributed by atoms with Crippen molar-refractivity contribution in [1.82, 2.24) is 4.98 Å². The number of aromatic nitrogens is 1. The quantitative estimate of drug-likeness (QED) is 0.895. The highest BCUT2D eigenvalue weighted by Gasteiger charge is 2.17. The number of anilines is 1. The number of carboxylic acid groups (broad SMARTS) is 1. The molecule has 0 fully saturated rings. The number of hydrogen-bond donors (Lipinski definition) is 2. The first-order valence-electron chi connectivity index (χ1n) is 5.92. The van der Waals surface area contributed by atoms with Crippen molar-refractivity contribution in [3.05, 3.63) is 32.0 Å². The molecule has 19 heavy (non-hydrogen) atoms. The number of carbonyl (C=O) groups is 1. The third-order valence-electron chi connectivity index (χ3n) is 2.88. The lowest BCUT2D eigenvalue weighted by molar-refractivity contribution is 0.0701. The van der Waals surface area contributed by atoms with Crippen LogP contribution in [0.2, 0.25) is 0 Å². The minimum absolute atomic E-state index is 0.122. The Balaban J connectivity index is 2.19. The van der Waals surface area contributed by atoms with Crippen LogP contribution in [0.25, 0.3) is 0 Å². The molecule has 2 heterocycles. The van der Waals surface area contributed by atoms with E-state index in [4.69, 9.17) is 5.11 Å². The molecule has 0 radical (unpaired) electrons. The maximum Gasteiger partial charge on any atom is 0.347 e. The lowest BCUT2D eigenvalue weighted by Crippen LogP contribution is -2.06. The van der Waals surface area contributed by atoms with E-state index in [9.17, 15) is 4.79 Å². The average Bonchev–Trinajstić information content (AvgIpc) is 2.81. The SMILES string of the molecule is Cc1cc(C(C)Nc2nc(C)c(C(=O)O)s2)c(C)s1. The predicted octanol–water partition coefficient (Wildman–Crippen LogP) is 4.00. The van der Waals surface area contributed by atoms with E-state index in [1.165, 1.54) is 26.7 Å². The Morgan fingerprint density at radius 1 is 1.37 bits per heavy atom. The van der Waals surface area contributed by atoms with Crippen LogP contribution in [0, 0.1) is 20.8 Å². The molecule has 0 saturated carbocycles. The van der Waals surface area contributed by atoms with Gasteiger partial charge in [-0.15, -0.1) is 11.3 Å². The Morgan fingerprint density at radius 2 is 2.05 bits per heavy atom. The molecule has 4 nitrogen and oxygen atoms in total. The van der Waals surface area contributed by atoms with Gasteiger partial charge in [-0.3, -0.25) is 0 Å². The number of hydrogen-bond acceptors (Lipinski definition) is 5. The topological polar surface area (TPSA) is 62.2 Å². The van der Waals surface area contributed by atoms with Crippen LogP contribution in [0.4, 0.5) is 5.13 Å². The molecule has 0 saturated heterocycles. The molecule has 2 aromatic heterocycles. The molecule has 0 aliphatic heterocycles. The second-order valence-electron chi connectivity index (χ2n) is 4.47. The van der Waals surface area contributed by atoms with Gasteiger partial charge in [0.25, 0.3) is 0 Å². The van der Waals surface area contributed by atoms with E-state index in [1.807, 2.05) is 0 Å². The molecule has 6 heteroatoms. The van der Waals surface area contributed by atoms with Crippen LogP contribution in [0.1, 0.15) is 43.6 Å². The third kappa shape index (κ3) is 2.96. The number of nitrogens with one attached hydrogen (secondary N) is 1. The zero-order valence-corrected chi connectivity index (χ0v) is 12.9. The van der Waals surface area contributed by atoms with Crippen LogP contribution in [0.5, 0.6) is 0 Å². The molecule has 1 atom stereocenters. The van der Waals surface area contributed by atoms with Crippen LogP contribution in [0.15, 0.2) is 6.07 Å². The Morgan fingerprint density at radius 3 is 2.53 bits per heavy atom. The van der Waals surface area contributed by atoms with Crippen molar-refractivity contribution in [2.24, 2.45) is 0 Å². The summed E-state index contributed by atoms with van der Waals surface area (Å²) in [5.41, 5.74) is 1.80. The summed E-state index contributed by atoms with van der Waals surface area (Å²) in [6.07, 6.45) is 0. The summed E-state index contributed by atoms with van der Waals surface area (Å²) >= 11 is 2.96. The lowest BCUT2D eigenvalue weighted by atomic mass is 10.1. The van der Waals surface area contributed by atoms with Gasteiger partial charge in [0, 0.05) is 9.75 Å². The van der Waals surface area contributed by atoms with E-state index in [0.29, 0.717) is 15.7 Å². The Bertz CT molecular complexity index is 616. The van der Waals surface area contributed by atoms with Gasteiger partial charge >= 0.3 is 5.97 Å². The van der Waals surface area contributed by atoms with Crippen molar-refractivity contribution >= 4 is 33.8 Å². The number of carboxylic acids is 1. The monoisotopic (exact) mass is 296 g/mol. The van der Waals surface area contributed by atoms with Crippen molar-refractivity contribution < 1.29 is 9.90 Å². The second kappa shape index (κ2) is 5.30. The maximum atomic E-state index is 11.0. The number of thiophene rings is 1. The van der Waals surface area contributed by atoms with E-state index in [-0.39, 0.29) is 6.04 Å². The van der Waals surface area contributed by atoms with Gasteiger partial charge in [-0.25, -0.2) is 9.78 Å². The van der Waals surface area contributed by atoms with Gasteiger partial charge in [-0.2, -0.15) is 0 Å². The van der Waals surface area contributed by atoms with Gasteiger partial charge in [0.05, 0.1) is 11.7 Å². The zero-order chi connectivity index (χ0) is 14.2. The summed E-state index contributed by atoms with van der Waals surface area (Å²) in [5, 5.41) is 13.0. The first-order valence-corrected chi connectivity index (χ1v) is 7.56. The number of thiazole rings is 1.